The molecule has 1 atom stereocenters. The lowest BCUT2D eigenvalue weighted by atomic mass is 10.1. The molecule has 1 N–H and O–H groups in total. The Balaban J connectivity index is 1.59. The van der Waals surface area contributed by atoms with Crippen LogP contribution in [0.15, 0.2) is 42.5 Å². The lowest BCUT2D eigenvalue weighted by Crippen LogP contribution is -2.52. The molecule has 37 heavy (non-hydrogen) atoms. The predicted molar refractivity (Wildman–Crippen MR) is 141 cm³/mol. The van der Waals surface area contributed by atoms with Crippen LogP contribution >= 0.6 is 11.6 Å². The van der Waals surface area contributed by atoms with Crippen molar-refractivity contribution in [2.24, 2.45) is 0 Å². The molecule has 2 aromatic carbocycles. The highest BCUT2D eigenvalue weighted by molar-refractivity contribution is 7.92. The zero-order valence-electron chi connectivity index (χ0n) is 21.0. The fourth-order valence-electron chi connectivity index (χ4n) is 4.56. The molecule has 1 unspecified atom stereocenters. The minimum Gasteiger partial charge on any atom is -0.486 e. The maximum absolute atomic E-state index is 13.7. The average molecular weight is 550 g/mol. The first kappa shape index (κ1) is 27.1. The van der Waals surface area contributed by atoms with E-state index in [-0.39, 0.29) is 24.2 Å². The minimum atomic E-state index is -3.84. The fraction of sp³-hybridized carbons (Fsp3) is 0.462. The lowest BCUT2D eigenvalue weighted by molar-refractivity contribution is -0.139. The maximum Gasteiger partial charge on any atom is 0.244 e. The van der Waals surface area contributed by atoms with E-state index in [2.05, 4.69) is 5.32 Å². The van der Waals surface area contributed by atoms with Crippen molar-refractivity contribution in [1.82, 2.24) is 10.2 Å². The van der Waals surface area contributed by atoms with Crippen molar-refractivity contribution < 1.29 is 27.5 Å². The van der Waals surface area contributed by atoms with Crippen molar-refractivity contribution in [2.45, 2.75) is 51.2 Å². The summed E-state index contributed by atoms with van der Waals surface area (Å²) in [5.74, 6) is 0.146. The van der Waals surface area contributed by atoms with Crippen molar-refractivity contribution in [1.29, 1.82) is 0 Å². The van der Waals surface area contributed by atoms with E-state index < -0.39 is 28.5 Å². The zero-order valence-corrected chi connectivity index (χ0v) is 22.6. The number of nitrogens with one attached hydrogen (secondary N) is 1. The van der Waals surface area contributed by atoms with Gasteiger partial charge in [0.15, 0.2) is 11.5 Å². The Labute approximate surface area is 222 Å². The van der Waals surface area contributed by atoms with E-state index in [1.807, 2.05) is 0 Å². The number of anilines is 1. The monoisotopic (exact) mass is 549 g/mol. The third-order valence-electron chi connectivity index (χ3n) is 6.63. The molecule has 2 aliphatic rings. The number of carbonyl (C=O) groups excluding carboxylic acids is 2. The van der Waals surface area contributed by atoms with E-state index in [9.17, 15) is 18.0 Å². The summed E-state index contributed by atoms with van der Waals surface area (Å²) in [7, 11) is -3.84. The normalized spacial score (nSPS) is 16.2. The Bertz CT molecular complexity index is 1230. The summed E-state index contributed by atoms with van der Waals surface area (Å²) < 4.78 is 37.7. The van der Waals surface area contributed by atoms with E-state index in [1.54, 1.807) is 49.4 Å². The van der Waals surface area contributed by atoms with Gasteiger partial charge in [0.25, 0.3) is 0 Å². The van der Waals surface area contributed by atoms with Crippen LogP contribution in [0, 0.1) is 0 Å². The molecule has 0 radical (unpaired) electrons. The number of fused-ring (bicyclic) bond motifs is 1. The molecular formula is C26H32ClN3O6S. The molecular weight excluding hydrogens is 518 g/mol. The highest BCUT2D eigenvalue weighted by Crippen LogP contribution is 2.34. The molecule has 1 aliphatic carbocycles. The number of carbonyl (C=O) groups is 2. The second kappa shape index (κ2) is 11.6. The average Bonchev–Trinajstić information content (AvgIpc) is 3.38. The molecule has 0 bridgehead atoms. The Morgan fingerprint density at radius 1 is 1.05 bits per heavy atom. The number of ether oxygens (including phenoxy) is 2. The largest absolute Gasteiger partial charge is 0.486 e. The number of hydrogen-bond acceptors (Lipinski definition) is 6. The van der Waals surface area contributed by atoms with Gasteiger partial charge in [-0.3, -0.25) is 13.9 Å². The molecule has 0 spiro atoms. The van der Waals surface area contributed by atoms with E-state index in [0.29, 0.717) is 29.7 Å². The van der Waals surface area contributed by atoms with E-state index in [1.165, 1.54) is 4.90 Å². The fourth-order valence-corrected chi connectivity index (χ4v) is 5.53. The number of benzene rings is 2. The van der Waals surface area contributed by atoms with Crippen molar-refractivity contribution >= 4 is 39.1 Å². The molecule has 4 rings (SSSR count). The van der Waals surface area contributed by atoms with Crippen molar-refractivity contribution in [2.75, 3.05) is 30.3 Å². The van der Waals surface area contributed by atoms with Gasteiger partial charge in [0.05, 0.1) is 11.9 Å². The summed E-state index contributed by atoms with van der Waals surface area (Å²) in [6, 6.07) is 11.0. The molecule has 2 amide bonds. The van der Waals surface area contributed by atoms with E-state index in [0.717, 1.165) is 41.8 Å². The summed E-state index contributed by atoms with van der Waals surface area (Å²) in [5.41, 5.74) is 1.04. The summed E-state index contributed by atoms with van der Waals surface area (Å²) >= 11 is 6.02. The molecule has 1 aliphatic heterocycles. The Hall–Kier alpha value is -2.98. The van der Waals surface area contributed by atoms with E-state index >= 15 is 0 Å². The topological polar surface area (TPSA) is 105 Å². The Morgan fingerprint density at radius 3 is 2.35 bits per heavy atom. The number of sulfonamides is 1. The van der Waals surface area contributed by atoms with Crippen LogP contribution in [-0.2, 0) is 26.2 Å². The quantitative estimate of drug-likeness (QED) is 0.514. The molecule has 1 saturated carbocycles. The second-order valence-corrected chi connectivity index (χ2v) is 11.8. The smallest absolute Gasteiger partial charge is 0.244 e. The lowest BCUT2D eigenvalue weighted by Gasteiger charge is -2.32. The van der Waals surface area contributed by atoms with Gasteiger partial charge in [0.2, 0.25) is 21.8 Å². The molecule has 9 nitrogen and oxygen atoms in total. The highest BCUT2D eigenvalue weighted by atomic mass is 35.5. The van der Waals surface area contributed by atoms with Crippen LogP contribution in [0.4, 0.5) is 5.69 Å². The van der Waals surface area contributed by atoms with E-state index in [4.69, 9.17) is 21.1 Å². The third-order valence-corrected chi connectivity index (χ3v) is 8.02. The molecule has 1 fully saturated rings. The van der Waals surface area contributed by atoms with Crippen LogP contribution in [0.25, 0.3) is 0 Å². The summed E-state index contributed by atoms with van der Waals surface area (Å²) in [6.45, 7) is 2.05. The number of nitrogens with zero attached hydrogens (tertiary/aromatic N) is 2. The number of rotatable bonds is 9. The first-order valence-electron chi connectivity index (χ1n) is 12.3. The summed E-state index contributed by atoms with van der Waals surface area (Å²) in [4.78, 5) is 28.2. The number of amides is 2. The van der Waals surface area contributed by atoms with Gasteiger partial charge in [-0.15, -0.1) is 0 Å². The van der Waals surface area contributed by atoms with Gasteiger partial charge >= 0.3 is 0 Å². The van der Waals surface area contributed by atoms with Crippen LogP contribution in [0.5, 0.6) is 11.5 Å². The standard InChI is InChI=1S/C26H32ClN3O6S/c1-18(26(32)28-21-5-3-4-6-21)29(16-19-7-9-20(27)10-8-19)25(31)17-30(37(2,33)34)22-11-12-23-24(15-22)36-14-13-35-23/h7-12,15,18,21H,3-6,13-14,16-17H2,1-2H3,(H,28,32). The molecule has 200 valence electrons. The summed E-state index contributed by atoms with van der Waals surface area (Å²) in [5, 5.41) is 3.59. The minimum absolute atomic E-state index is 0.0904. The van der Waals surface area contributed by atoms with Gasteiger partial charge in [-0.05, 0) is 49.6 Å². The van der Waals surface area contributed by atoms with Gasteiger partial charge in [0.1, 0.15) is 25.8 Å². The van der Waals surface area contributed by atoms with Crippen LogP contribution in [0.1, 0.15) is 38.2 Å². The maximum atomic E-state index is 13.7. The van der Waals surface area contributed by atoms with Gasteiger partial charge in [0, 0.05) is 23.7 Å². The molecule has 1 heterocycles. The first-order chi connectivity index (χ1) is 17.6. The molecule has 0 saturated heterocycles. The highest BCUT2D eigenvalue weighted by Gasteiger charge is 2.31. The van der Waals surface area contributed by atoms with Crippen LogP contribution in [0.3, 0.4) is 0 Å². The predicted octanol–water partition coefficient (Wildman–Crippen LogP) is 3.35. The van der Waals surface area contributed by atoms with Gasteiger partial charge in [-0.1, -0.05) is 36.6 Å². The third kappa shape index (κ3) is 6.87. The summed E-state index contributed by atoms with van der Waals surface area (Å²) in [6.07, 6.45) is 4.99. The zero-order chi connectivity index (χ0) is 26.6. The van der Waals surface area contributed by atoms with Crippen molar-refractivity contribution in [3.63, 3.8) is 0 Å². The van der Waals surface area contributed by atoms with Crippen LogP contribution < -0.4 is 19.1 Å². The Morgan fingerprint density at radius 2 is 1.70 bits per heavy atom. The number of hydrogen-bond donors (Lipinski definition) is 1. The van der Waals surface area contributed by atoms with Crippen LogP contribution in [-0.4, -0.2) is 63.2 Å². The second-order valence-electron chi connectivity index (χ2n) is 9.41. The van der Waals surface area contributed by atoms with Gasteiger partial charge in [-0.25, -0.2) is 8.42 Å². The molecule has 11 heteroatoms. The molecule has 0 aromatic heterocycles. The van der Waals surface area contributed by atoms with Crippen molar-refractivity contribution in [3.8, 4) is 11.5 Å². The van der Waals surface area contributed by atoms with Gasteiger partial charge in [-0.2, -0.15) is 0 Å². The number of halogens is 1. The Kier molecular flexibility index (Phi) is 8.49. The van der Waals surface area contributed by atoms with Crippen molar-refractivity contribution in [3.05, 3.63) is 53.1 Å². The SMILES string of the molecule is CC(C(=O)NC1CCCC1)N(Cc1ccc(Cl)cc1)C(=O)CN(c1ccc2c(c1)OCCO2)S(C)(=O)=O. The van der Waals surface area contributed by atoms with Crippen LogP contribution in [0.2, 0.25) is 5.02 Å². The van der Waals surface area contributed by atoms with Gasteiger partial charge < -0.3 is 19.7 Å². The molecule has 2 aromatic rings. The first-order valence-corrected chi connectivity index (χ1v) is 14.6.